The van der Waals surface area contributed by atoms with Crippen molar-refractivity contribution < 1.29 is 9.53 Å². The number of nitrogens with two attached hydrogens (primary N) is 1. The lowest BCUT2D eigenvalue weighted by Gasteiger charge is -2.46. The van der Waals surface area contributed by atoms with Crippen LogP contribution in [0.15, 0.2) is 47.7 Å². The lowest BCUT2D eigenvalue weighted by molar-refractivity contribution is -0.0691. The fourth-order valence-corrected chi connectivity index (χ4v) is 5.03. The Kier molecular flexibility index (Phi) is 7.68. The molecule has 2 saturated heterocycles. The van der Waals surface area contributed by atoms with Crippen LogP contribution >= 0.6 is 0 Å². The number of ether oxygens (including phenoxy) is 1. The molecule has 2 aliphatic heterocycles. The molecule has 0 aliphatic carbocycles. The summed E-state index contributed by atoms with van der Waals surface area (Å²) in [5.41, 5.74) is 8.58. The molecule has 1 atom stereocenters. The maximum Gasteiger partial charge on any atom is 0.274 e. The van der Waals surface area contributed by atoms with E-state index in [0.717, 1.165) is 44.8 Å². The van der Waals surface area contributed by atoms with Crippen LogP contribution in [0.25, 0.3) is 11.1 Å². The normalized spacial score (nSPS) is 18.2. The van der Waals surface area contributed by atoms with Gasteiger partial charge in [-0.1, -0.05) is 0 Å². The zero-order valence-corrected chi connectivity index (χ0v) is 21.8. The van der Waals surface area contributed by atoms with Crippen LogP contribution in [0.3, 0.4) is 0 Å². The molecule has 0 spiro atoms. The van der Waals surface area contributed by atoms with Crippen molar-refractivity contribution in [3.63, 3.8) is 0 Å². The third-order valence-corrected chi connectivity index (χ3v) is 7.18. The van der Waals surface area contributed by atoms with Crippen molar-refractivity contribution in [1.29, 1.82) is 0 Å². The molecular weight excluding hydrogens is 484 g/mol. The second-order valence-electron chi connectivity index (χ2n) is 9.77. The van der Waals surface area contributed by atoms with Crippen molar-refractivity contribution in [2.24, 2.45) is 12.8 Å². The fraction of sp³-hybridized carbons (Fsp3) is 0.407. The second kappa shape index (κ2) is 11.3. The van der Waals surface area contributed by atoms with Crippen LogP contribution in [0.5, 0.6) is 0 Å². The third kappa shape index (κ3) is 5.26. The van der Waals surface area contributed by atoms with Crippen LogP contribution < -0.4 is 26.8 Å². The summed E-state index contributed by atoms with van der Waals surface area (Å²) in [6.07, 6.45) is 5.94. The summed E-state index contributed by atoms with van der Waals surface area (Å²) >= 11 is 0. The maximum absolute atomic E-state index is 12.9. The van der Waals surface area contributed by atoms with Crippen molar-refractivity contribution in [1.82, 2.24) is 19.4 Å². The number of carbonyl (C=O) groups excluding carboxylic acids is 1. The Hall–Kier alpha value is -3.80. The van der Waals surface area contributed by atoms with Crippen LogP contribution in [-0.2, 0) is 11.8 Å². The van der Waals surface area contributed by atoms with Crippen LogP contribution in [0, 0.1) is 0 Å². The zero-order chi connectivity index (χ0) is 26.6. The van der Waals surface area contributed by atoms with Crippen molar-refractivity contribution in [3.05, 3.63) is 58.8 Å². The largest absolute Gasteiger partial charge is 0.378 e. The first kappa shape index (κ1) is 25.8. The van der Waals surface area contributed by atoms with Gasteiger partial charge in [-0.25, -0.2) is 9.97 Å². The topological polar surface area (TPSA) is 131 Å². The number of pyridine rings is 3. The monoisotopic (exact) mass is 518 g/mol. The zero-order valence-electron chi connectivity index (χ0n) is 21.8. The fourth-order valence-electron chi connectivity index (χ4n) is 5.03. The number of hydrogen-bond donors (Lipinski definition) is 3. The number of carbonyl (C=O) groups is 1. The van der Waals surface area contributed by atoms with Gasteiger partial charge in [0, 0.05) is 63.8 Å². The first-order chi connectivity index (χ1) is 18.5. The summed E-state index contributed by atoms with van der Waals surface area (Å²) in [5.74, 6) is 1.02. The van der Waals surface area contributed by atoms with E-state index < -0.39 is 0 Å². The van der Waals surface area contributed by atoms with E-state index in [9.17, 15) is 9.59 Å². The molecule has 38 heavy (non-hydrogen) atoms. The molecule has 4 N–H and O–H groups in total. The van der Waals surface area contributed by atoms with Gasteiger partial charge < -0.3 is 30.6 Å². The van der Waals surface area contributed by atoms with Crippen molar-refractivity contribution in [3.8, 4) is 11.1 Å². The number of rotatable bonds is 9. The van der Waals surface area contributed by atoms with Gasteiger partial charge in [0.25, 0.3) is 5.56 Å². The molecule has 0 unspecified atom stereocenters. The van der Waals surface area contributed by atoms with Gasteiger partial charge in [-0.3, -0.25) is 14.5 Å². The number of aldehydes is 1. The Morgan fingerprint density at radius 1 is 1.21 bits per heavy atom. The van der Waals surface area contributed by atoms with E-state index in [0.29, 0.717) is 59.2 Å². The Labute approximate surface area is 221 Å². The number of nitrogens with zero attached hydrogens (tertiary/aromatic N) is 5. The van der Waals surface area contributed by atoms with Gasteiger partial charge in [0.05, 0.1) is 36.7 Å². The van der Waals surface area contributed by atoms with Crippen LogP contribution in [-0.4, -0.2) is 83.7 Å². The Balaban J connectivity index is 1.35. The lowest BCUT2D eigenvalue weighted by atomic mass is 10.0. The summed E-state index contributed by atoms with van der Waals surface area (Å²) in [6.45, 7) is 7.73. The van der Waals surface area contributed by atoms with E-state index >= 15 is 0 Å². The summed E-state index contributed by atoms with van der Waals surface area (Å²) in [7, 11) is 1.68. The molecule has 0 bridgehead atoms. The highest BCUT2D eigenvalue weighted by Crippen LogP contribution is 2.28. The smallest absolute Gasteiger partial charge is 0.274 e. The number of hydrogen-bond acceptors (Lipinski definition) is 10. The molecule has 5 rings (SSSR count). The second-order valence-corrected chi connectivity index (χ2v) is 9.77. The maximum atomic E-state index is 12.9. The highest BCUT2D eigenvalue weighted by atomic mass is 16.5. The van der Waals surface area contributed by atoms with Gasteiger partial charge in [-0.05, 0) is 36.8 Å². The third-order valence-electron chi connectivity index (χ3n) is 7.18. The Bertz CT molecular complexity index is 1340. The van der Waals surface area contributed by atoms with Crippen molar-refractivity contribution in [2.45, 2.75) is 19.0 Å². The van der Waals surface area contributed by atoms with Crippen LogP contribution in [0.4, 0.5) is 23.0 Å². The molecule has 200 valence electrons. The number of anilines is 4. The molecule has 0 saturated carbocycles. The highest BCUT2D eigenvalue weighted by Gasteiger charge is 2.32. The molecule has 5 heterocycles. The molecule has 3 aromatic heterocycles. The first-order valence-corrected chi connectivity index (χ1v) is 12.9. The van der Waals surface area contributed by atoms with Gasteiger partial charge in [0.15, 0.2) is 6.29 Å². The number of piperazine rings is 1. The molecule has 11 nitrogen and oxygen atoms in total. The van der Waals surface area contributed by atoms with E-state index in [4.69, 9.17) is 10.5 Å². The van der Waals surface area contributed by atoms with E-state index in [1.54, 1.807) is 31.6 Å². The van der Waals surface area contributed by atoms with Gasteiger partial charge in [0.2, 0.25) is 0 Å². The number of aryl methyl sites for hydroxylation is 1. The quantitative estimate of drug-likeness (QED) is 0.360. The number of aromatic nitrogens is 3. The van der Waals surface area contributed by atoms with E-state index in [-0.39, 0.29) is 5.56 Å². The van der Waals surface area contributed by atoms with Crippen molar-refractivity contribution in [2.75, 3.05) is 61.5 Å². The van der Waals surface area contributed by atoms with E-state index in [1.165, 1.54) is 4.57 Å². The SMILES string of the molecule is C[C@H]1CN(C2COC2)CCN1c1ccc(Nc2cc(-c3ccnc(NCCN)c3C=O)cn(C)c2=O)nc1. The molecule has 2 fully saturated rings. The molecular formula is C27H34N8O3. The first-order valence-electron chi connectivity index (χ1n) is 12.9. The standard InChI is InChI=1S/C27H34N8O3/c1-18-13-34(21-16-38-17-21)9-10-35(18)20-3-4-25(31-12-20)32-24-11-19(14-33(2)27(24)37)22-5-7-29-26(23(22)15-36)30-8-6-28/h3-5,7,11-12,14-15,18,21H,6,8-10,13,16-17,28H2,1-2H3,(H,29,30)(H,31,32)/t18-/m0/s1. The average molecular weight is 519 g/mol. The Morgan fingerprint density at radius 2 is 2.05 bits per heavy atom. The average Bonchev–Trinajstić information content (AvgIpc) is 2.89. The van der Waals surface area contributed by atoms with Gasteiger partial charge in [0.1, 0.15) is 17.3 Å². The van der Waals surface area contributed by atoms with E-state index in [1.807, 2.05) is 18.3 Å². The summed E-state index contributed by atoms with van der Waals surface area (Å²) < 4.78 is 6.84. The van der Waals surface area contributed by atoms with Crippen LogP contribution in [0.1, 0.15) is 17.3 Å². The predicted molar refractivity (Wildman–Crippen MR) is 148 cm³/mol. The van der Waals surface area contributed by atoms with Gasteiger partial charge in [-0.15, -0.1) is 0 Å². The minimum Gasteiger partial charge on any atom is -0.378 e. The predicted octanol–water partition coefficient (Wildman–Crippen LogP) is 1.68. The summed E-state index contributed by atoms with van der Waals surface area (Å²) in [5, 5.41) is 6.25. The molecule has 0 amide bonds. The number of nitrogens with one attached hydrogen (secondary N) is 2. The van der Waals surface area contributed by atoms with Gasteiger partial charge in [-0.2, -0.15) is 0 Å². The van der Waals surface area contributed by atoms with Crippen LogP contribution in [0.2, 0.25) is 0 Å². The van der Waals surface area contributed by atoms with E-state index in [2.05, 4.69) is 37.3 Å². The minimum absolute atomic E-state index is 0.201. The summed E-state index contributed by atoms with van der Waals surface area (Å²) in [4.78, 5) is 38.6. The van der Waals surface area contributed by atoms with Crippen molar-refractivity contribution >= 4 is 29.3 Å². The molecule has 0 aromatic carbocycles. The highest BCUT2D eigenvalue weighted by molar-refractivity contribution is 5.93. The lowest BCUT2D eigenvalue weighted by Crippen LogP contribution is -2.59. The molecule has 2 aliphatic rings. The Morgan fingerprint density at radius 3 is 2.71 bits per heavy atom. The summed E-state index contributed by atoms with van der Waals surface area (Å²) in [6, 6.07) is 8.33. The molecule has 11 heteroatoms. The minimum atomic E-state index is -0.201. The molecule has 3 aromatic rings. The van der Waals surface area contributed by atoms with Gasteiger partial charge >= 0.3 is 0 Å². The molecule has 0 radical (unpaired) electrons.